The molecule has 3 atom stereocenters. The number of rotatable bonds is 1. The van der Waals surface area contributed by atoms with Gasteiger partial charge in [-0.15, -0.1) is 0 Å². The van der Waals surface area contributed by atoms with Gasteiger partial charge in [-0.2, -0.15) is 0 Å². The molecular formula is C17H20N2O2. The molecule has 1 aromatic heterocycles. The number of nitrogens with zero attached hydrogens (tertiary/aromatic N) is 1. The summed E-state index contributed by atoms with van der Waals surface area (Å²) in [6.45, 7) is 0. The molecule has 4 heteroatoms. The summed E-state index contributed by atoms with van der Waals surface area (Å²) in [7, 11) is 0. The fourth-order valence-corrected chi connectivity index (χ4v) is 3.79. The topological polar surface area (TPSA) is 54.6 Å². The largest absolute Gasteiger partial charge is 0.469 e. The van der Waals surface area contributed by atoms with Crippen molar-refractivity contribution in [3.63, 3.8) is 0 Å². The van der Waals surface area contributed by atoms with Crippen molar-refractivity contribution in [3.8, 4) is 0 Å². The summed E-state index contributed by atoms with van der Waals surface area (Å²) in [4.78, 5) is 17.1. The fraction of sp³-hybridized carbons (Fsp3) is 0.529. The molecule has 0 aromatic carbocycles. The molecule has 0 unspecified atom stereocenters. The number of hydrogen-bond acceptors (Lipinski definition) is 4. The first kappa shape index (κ1) is 12.9. The van der Waals surface area contributed by atoms with E-state index in [1.165, 1.54) is 12.8 Å². The molecule has 4 rings (SSSR count). The van der Waals surface area contributed by atoms with Gasteiger partial charge in [-0.05, 0) is 31.4 Å². The van der Waals surface area contributed by atoms with E-state index in [0.717, 1.165) is 36.3 Å². The molecule has 1 fully saturated rings. The molecule has 110 valence electrons. The quantitative estimate of drug-likeness (QED) is 0.862. The van der Waals surface area contributed by atoms with Gasteiger partial charge < -0.3 is 9.73 Å². The zero-order valence-electron chi connectivity index (χ0n) is 12.0. The third kappa shape index (κ3) is 2.33. The lowest BCUT2D eigenvalue weighted by atomic mass is 9.84. The number of nitrogens with one attached hydrogen (secondary N) is 1. The zero-order valence-corrected chi connectivity index (χ0v) is 12.0. The Morgan fingerprint density at radius 2 is 2.14 bits per heavy atom. The average Bonchev–Trinajstić information content (AvgIpc) is 2.95. The van der Waals surface area contributed by atoms with E-state index in [1.807, 2.05) is 18.3 Å². The second-order valence-corrected chi connectivity index (χ2v) is 6.32. The molecule has 0 bridgehead atoms. The Hall–Kier alpha value is -1.84. The van der Waals surface area contributed by atoms with Crippen molar-refractivity contribution in [1.82, 2.24) is 5.32 Å². The highest BCUT2D eigenvalue weighted by Gasteiger charge is 2.34. The van der Waals surface area contributed by atoms with Crippen LogP contribution in [-0.4, -0.2) is 24.1 Å². The van der Waals surface area contributed by atoms with Crippen LogP contribution in [0.25, 0.3) is 0 Å². The molecule has 1 aromatic rings. The Kier molecular flexibility index (Phi) is 3.17. The number of aliphatic imine (C=N–C) groups is 1. The lowest BCUT2D eigenvalue weighted by molar-refractivity contribution is -0.116. The Morgan fingerprint density at radius 1 is 1.24 bits per heavy atom. The van der Waals surface area contributed by atoms with Crippen LogP contribution in [-0.2, 0) is 4.79 Å². The van der Waals surface area contributed by atoms with Gasteiger partial charge in [0.15, 0.2) is 5.78 Å². The fourth-order valence-electron chi connectivity index (χ4n) is 3.79. The van der Waals surface area contributed by atoms with E-state index >= 15 is 0 Å². The molecule has 0 saturated heterocycles. The van der Waals surface area contributed by atoms with Crippen molar-refractivity contribution in [3.05, 3.63) is 35.4 Å². The Balaban J connectivity index is 1.63. The Labute approximate surface area is 124 Å². The summed E-state index contributed by atoms with van der Waals surface area (Å²) >= 11 is 0. The normalized spacial score (nSPS) is 32.2. The summed E-state index contributed by atoms with van der Waals surface area (Å²) in [5.74, 6) is 1.26. The zero-order chi connectivity index (χ0) is 14.2. The van der Waals surface area contributed by atoms with Crippen molar-refractivity contribution in [1.29, 1.82) is 0 Å². The van der Waals surface area contributed by atoms with Gasteiger partial charge in [-0.25, -0.2) is 0 Å². The van der Waals surface area contributed by atoms with Gasteiger partial charge in [0.2, 0.25) is 0 Å². The molecule has 0 spiro atoms. The van der Waals surface area contributed by atoms with E-state index in [9.17, 15) is 4.79 Å². The minimum atomic E-state index is 0.160. The second-order valence-electron chi connectivity index (χ2n) is 6.32. The van der Waals surface area contributed by atoms with Gasteiger partial charge in [-0.3, -0.25) is 9.79 Å². The molecule has 21 heavy (non-hydrogen) atoms. The van der Waals surface area contributed by atoms with Crippen molar-refractivity contribution < 1.29 is 9.21 Å². The number of furan rings is 1. The molecule has 1 N–H and O–H groups in total. The Morgan fingerprint density at radius 3 is 3.00 bits per heavy atom. The van der Waals surface area contributed by atoms with Gasteiger partial charge in [0.1, 0.15) is 5.76 Å². The number of carbonyl (C=O) groups excluding carboxylic acids is 1. The van der Waals surface area contributed by atoms with Crippen molar-refractivity contribution in [2.45, 2.75) is 56.5 Å². The molecule has 1 aliphatic heterocycles. The first-order chi connectivity index (χ1) is 10.3. The number of ketones is 1. The van der Waals surface area contributed by atoms with Crippen molar-refractivity contribution in [2.75, 3.05) is 0 Å². The second kappa shape index (κ2) is 5.17. The predicted octanol–water partition coefficient (Wildman–Crippen LogP) is 2.97. The molecule has 2 heterocycles. The molecule has 0 radical (unpaired) electrons. The molecule has 2 aliphatic carbocycles. The van der Waals surface area contributed by atoms with Crippen LogP contribution in [0.4, 0.5) is 0 Å². The molecule has 3 aliphatic rings. The summed E-state index contributed by atoms with van der Waals surface area (Å²) in [5.41, 5.74) is 1.87. The summed E-state index contributed by atoms with van der Waals surface area (Å²) in [6, 6.07) is 4.59. The maximum atomic E-state index is 12.5. The van der Waals surface area contributed by atoms with E-state index in [1.54, 1.807) is 6.26 Å². The van der Waals surface area contributed by atoms with Gasteiger partial charge in [-0.1, -0.05) is 12.8 Å². The molecule has 1 saturated carbocycles. The van der Waals surface area contributed by atoms with Crippen LogP contribution >= 0.6 is 0 Å². The maximum Gasteiger partial charge on any atom is 0.166 e. The van der Waals surface area contributed by atoms with E-state index in [2.05, 4.69) is 10.3 Å². The van der Waals surface area contributed by atoms with Crippen LogP contribution in [0.2, 0.25) is 0 Å². The van der Waals surface area contributed by atoms with E-state index in [0.29, 0.717) is 18.5 Å². The number of Topliss-reactive ketones (excluding diaryl/α,β-unsaturated/α-hetero) is 1. The lowest BCUT2D eigenvalue weighted by Crippen LogP contribution is -2.41. The highest BCUT2D eigenvalue weighted by molar-refractivity contribution is 6.15. The minimum Gasteiger partial charge on any atom is -0.469 e. The van der Waals surface area contributed by atoms with Gasteiger partial charge in [0.05, 0.1) is 17.9 Å². The monoisotopic (exact) mass is 284 g/mol. The minimum absolute atomic E-state index is 0.160. The standard InChI is InChI=1S/C17H20N2O2/c20-16-9-11(17-6-3-7-21-17)8-15-12(16)10-18-13-4-1-2-5-14(13)19-15/h3,6-7,10-11,13-14,19H,1-2,4-5,8-9H2/t11-,13-,14+/m0/s1. The van der Waals surface area contributed by atoms with Crippen LogP contribution in [0.5, 0.6) is 0 Å². The van der Waals surface area contributed by atoms with Crippen molar-refractivity contribution >= 4 is 12.0 Å². The van der Waals surface area contributed by atoms with Gasteiger partial charge in [0.25, 0.3) is 0 Å². The number of fused-ring (bicyclic) bond motifs is 1. The van der Waals surface area contributed by atoms with Crippen LogP contribution in [0.15, 0.2) is 39.1 Å². The Bertz CT molecular complexity index is 600. The third-order valence-corrected chi connectivity index (χ3v) is 4.94. The molecule has 0 amide bonds. The van der Waals surface area contributed by atoms with Crippen molar-refractivity contribution in [2.24, 2.45) is 4.99 Å². The average molecular weight is 284 g/mol. The molecule has 4 nitrogen and oxygen atoms in total. The first-order valence-electron chi connectivity index (χ1n) is 7.91. The molecular weight excluding hydrogens is 264 g/mol. The summed E-state index contributed by atoms with van der Waals surface area (Å²) < 4.78 is 5.50. The SMILES string of the molecule is O=C1C[C@@H](c2ccco2)CC2=C1C=N[C@H]1CCCC[C@H]1N2. The predicted molar refractivity (Wildman–Crippen MR) is 80.4 cm³/mol. The van der Waals surface area contributed by atoms with E-state index < -0.39 is 0 Å². The number of hydrogen-bond donors (Lipinski definition) is 1. The summed E-state index contributed by atoms with van der Waals surface area (Å²) in [5, 5.41) is 3.63. The smallest absolute Gasteiger partial charge is 0.166 e. The van der Waals surface area contributed by atoms with Crippen LogP contribution in [0.1, 0.15) is 50.2 Å². The van der Waals surface area contributed by atoms with Crippen LogP contribution in [0, 0.1) is 0 Å². The summed E-state index contributed by atoms with van der Waals surface area (Å²) in [6.07, 6.45) is 9.67. The van der Waals surface area contributed by atoms with Crippen LogP contribution < -0.4 is 5.32 Å². The van der Waals surface area contributed by atoms with E-state index in [-0.39, 0.29) is 11.7 Å². The van der Waals surface area contributed by atoms with Gasteiger partial charge in [0, 0.05) is 30.3 Å². The maximum absolute atomic E-state index is 12.5. The highest BCUT2D eigenvalue weighted by Crippen LogP contribution is 2.35. The first-order valence-corrected chi connectivity index (χ1v) is 7.91. The van der Waals surface area contributed by atoms with Gasteiger partial charge >= 0.3 is 0 Å². The third-order valence-electron chi connectivity index (χ3n) is 4.94. The van der Waals surface area contributed by atoms with E-state index in [4.69, 9.17) is 4.42 Å². The van der Waals surface area contributed by atoms with Crippen LogP contribution in [0.3, 0.4) is 0 Å². The number of carbonyl (C=O) groups is 1. The highest BCUT2D eigenvalue weighted by atomic mass is 16.3. The number of allylic oxidation sites excluding steroid dienone is 2. The lowest BCUT2D eigenvalue weighted by Gasteiger charge is -2.31.